The summed E-state index contributed by atoms with van der Waals surface area (Å²) < 4.78 is 2.05. The van der Waals surface area contributed by atoms with E-state index in [4.69, 9.17) is 4.98 Å². The zero-order valence-electron chi connectivity index (χ0n) is 14.5. The normalized spacial score (nSPS) is 18.0. The first-order valence-electron chi connectivity index (χ1n) is 8.27. The number of hydrogen-bond acceptors (Lipinski definition) is 5. The highest BCUT2D eigenvalue weighted by Gasteiger charge is 2.28. The lowest BCUT2D eigenvalue weighted by atomic mass is 10.1. The molecule has 2 aromatic heterocycles. The molecule has 1 fully saturated rings. The zero-order chi connectivity index (χ0) is 17.1. The summed E-state index contributed by atoms with van der Waals surface area (Å²) >= 11 is 0. The molecule has 24 heavy (non-hydrogen) atoms. The lowest BCUT2D eigenvalue weighted by Crippen LogP contribution is -2.26. The minimum atomic E-state index is 0.0273. The molecule has 0 saturated carbocycles. The smallest absolute Gasteiger partial charge is 0.219 e. The van der Waals surface area contributed by atoms with Crippen LogP contribution in [0.5, 0.6) is 0 Å². The average molecular weight is 328 g/mol. The van der Waals surface area contributed by atoms with E-state index in [0.29, 0.717) is 6.54 Å². The van der Waals surface area contributed by atoms with Gasteiger partial charge in [-0.15, -0.1) is 0 Å². The van der Waals surface area contributed by atoms with Crippen LogP contribution < -0.4 is 0 Å². The molecule has 1 amide bonds. The SMILES string of the molecule is CC(=O)N(C)Cc1cncc(C2CCCN2Cc2nccn2C)n1. The van der Waals surface area contributed by atoms with Crippen LogP contribution in [0.3, 0.4) is 0 Å². The first kappa shape index (κ1) is 16.6. The second kappa shape index (κ2) is 7.09. The predicted molar refractivity (Wildman–Crippen MR) is 89.8 cm³/mol. The predicted octanol–water partition coefficient (Wildman–Crippen LogP) is 1.53. The van der Waals surface area contributed by atoms with E-state index >= 15 is 0 Å². The van der Waals surface area contributed by atoms with E-state index in [-0.39, 0.29) is 11.9 Å². The maximum Gasteiger partial charge on any atom is 0.219 e. The van der Waals surface area contributed by atoms with E-state index < -0.39 is 0 Å². The van der Waals surface area contributed by atoms with Crippen molar-refractivity contribution in [3.8, 4) is 0 Å². The van der Waals surface area contributed by atoms with Crippen LogP contribution in [0.15, 0.2) is 24.8 Å². The Morgan fingerprint density at radius 1 is 1.42 bits per heavy atom. The fraction of sp³-hybridized carbons (Fsp3) is 0.529. The largest absolute Gasteiger partial charge is 0.340 e. The number of aromatic nitrogens is 4. The molecule has 0 aliphatic carbocycles. The Bertz CT molecular complexity index is 713. The molecule has 3 heterocycles. The van der Waals surface area contributed by atoms with Gasteiger partial charge in [0.25, 0.3) is 0 Å². The molecule has 1 aliphatic heterocycles. The highest BCUT2D eigenvalue weighted by atomic mass is 16.2. The Morgan fingerprint density at radius 2 is 2.25 bits per heavy atom. The molecular formula is C17H24N6O. The minimum Gasteiger partial charge on any atom is -0.340 e. The number of likely N-dealkylation sites (tertiary alicyclic amines) is 1. The molecule has 1 unspecified atom stereocenters. The number of carbonyl (C=O) groups excluding carboxylic acids is 1. The topological polar surface area (TPSA) is 67.2 Å². The van der Waals surface area contributed by atoms with Gasteiger partial charge in [0.1, 0.15) is 5.82 Å². The summed E-state index contributed by atoms with van der Waals surface area (Å²) in [6.45, 7) is 3.90. The number of imidazole rings is 1. The van der Waals surface area contributed by atoms with Crippen LogP contribution >= 0.6 is 0 Å². The molecule has 0 N–H and O–H groups in total. The molecule has 7 nitrogen and oxygen atoms in total. The first-order valence-corrected chi connectivity index (χ1v) is 8.27. The molecule has 2 aromatic rings. The Hall–Kier alpha value is -2.28. The molecule has 1 atom stereocenters. The molecule has 1 aliphatic rings. The number of amides is 1. The summed E-state index contributed by atoms with van der Waals surface area (Å²) in [4.78, 5) is 29.0. The lowest BCUT2D eigenvalue weighted by molar-refractivity contribution is -0.128. The van der Waals surface area contributed by atoms with Crippen molar-refractivity contribution < 1.29 is 4.79 Å². The van der Waals surface area contributed by atoms with Gasteiger partial charge >= 0.3 is 0 Å². The molecule has 1 saturated heterocycles. The summed E-state index contributed by atoms with van der Waals surface area (Å²) in [5, 5.41) is 0. The van der Waals surface area contributed by atoms with Crippen LogP contribution in [-0.2, 0) is 24.9 Å². The van der Waals surface area contributed by atoms with Crippen LogP contribution in [0.4, 0.5) is 0 Å². The Kier molecular flexibility index (Phi) is 4.89. The zero-order valence-corrected chi connectivity index (χ0v) is 14.5. The van der Waals surface area contributed by atoms with Crippen molar-refractivity contribution in [3.05, 3.63) is 42.0 Å². The molecule has 7 heteroatoms. The molecule has 0 radical (unpaired) electrons. The number of hydrogen-bond donors (Lipinski definition) is 0. The summed E-state index contributed by atoms with van der Waals surface area (Å²) in [6.07, 6.45) is 9.61. The molecule has 3 rings (SSSR count). The highest BCUT2D eigenvalue weighted by Crippen LogP contribution is 2.31. The maximum absolute atomic E-state index is 11.4. The summed E-state index contributed by atoms with van der Waals surface area (Å²) in [5.41, 5.74) is 1.81. The third-order valence-electron chi connectivity index (χ3n) is 4.61. The van der Waals surface area contributed by atoms with Crippen molar-refractivity contribution >= 4 is 5.91 Å². The Labute approximate surface area is 142 Å². The van der Waals surface area contributed by atoms with Gasteiger partial charge in [-0.05, 0) is 19.4 Å². The third-order valence-corrected chi connectivity index (χ3v) is 4.61. The summed E-state index contributed by atoms with van der Waals surface area (Å²) in [6, 6.07) is 0.261. The van der Waals surface area contributed by atoms with E-state index in [1.54, 1.807) is 25.1 Å². The van der Waals surface area contributed by atoms with Gasteiger partial charge in [0.15, 0.2) is 0 Å². The summed E-state index contributed by atoms with van der Waals surface area (Å²) in [5.74, 6) is 1.09. The fourth-order valence-corrected chi connectivity index (χ4v) is 3.10. The van der Waals surface area contributed by atoms with Crippen molar-refractivity contribution in [2.24, 2.45) is 7.05 Å². The molecule has 0 spiro atoms. The number of carbonyl (C=O) groups is 1. The van der Waals surface area contributed by atoms with Crippen molar-refractivity contribution in [2.75, 3.05) is 13.6 Å². The number of aryl methyl sites for hydroxylation is 1. The van der Waals surface area contributed by atoms with Gasteiger partial charge < -0.3 is 9.47 Å². The van der Waals surface area contributed by atoms with Gasteiger partial charge in [-0.3, -0.25) is 19.7 Å². The Morgan fingerprint density at radius 3 is 2.96 bits per heavy atom. The van der Waals surface area contributed by atoms with Crippen molar-refractivity contribution in [2.45, 2.75) is 38.9 Å². The third kappa shape index (κ3) is 3.62. The van der Waals surface area contributed by atoms with E-state index in [2.05, 4.69) is 19.4 Å². The molecule has 0 bridgehead atoms. The summed E-state index contributed by atoms with van der Waals surface area (Å²) in [7, 11) is 3.80. The van der Waals surface area contributed by atoms with Crippen molar-refractivity contribution in [3.63, 3.8) is 0 Å². The quantitative estimate of drug-likeness (QED) is 0.832. The monoisotopic (exact) mass is 328 g/mol. The van der Waals surface area contributed by atoms with Gasteiger partial charge in [-0.2, -0.15) is 0 Å². The van der Waals surface area contributed by atoms with E-state index in [1.807, 2.05) is 25.6 Å². The van der Waals surface area contributed by atoms with Crippen LogP contribution in [0.25, 0.3) is 0 Å². The Balaban J connectivity index is 1.75. The molecule has 128 valence electrons. The molecular weight excluding hydrogens is 304 g/mol. The number of rotatable bonds is 5. The van der Waals surface area contributed by atoms with E-state index in [0.717, 1.165) is 43.1 Å². The van der Waals surface area contributed by atoms with Crippen molar-refractivity contribution in [1.82, 2.24) is 29.3 Å². The van der Waals surface area contributed by atoms with Gasteiger partial charge in [0.05, 0.1) is 42.9 Å². The van der Waals surface area contributed by atoms with Gasteiger partial charge in [0, 0.05) is 33.4 Å². The van der Waals surface area contributed by atoms with E-state index in [9.17, 15) is 4.79 Å². The van der Waals surface area contributed by atoms with Crippen LogP contribution in [-0.4, -0.2) is 48.8 Å². The number of nitrogens with zero attached hydrogens (tertiary/aromatic N) is 6. The van der Waals surface area contributed by atoms with E-state index in [1.165, 1.54) is 0 Å². The first-order chi connectivity index (χ1) is 11.5. The van der Waals surface area contributed by atoms with Gasteiger partial charge in [0.2, 0.25) is 5.91 Å². The van der Waals surface area contributed by atoms with Crippen LogP contribution in [0.2, 0.25) is 0 Å². The lowest BCUT2D eigenvalue weighted by Gasteiger charge is -2.24. The second-order valence-electron chi connectivity index (χ2n) is 6.39. The average Bonchev–Trinajstić information content (AvgIpc) is 3.17. The second-order valence-corrected chi connectivity index (χ2v) is 6.39. The minimum absolute atomic E-state index is 0.0273. The highest BCUT2D eigenvalue weighted by molar-refractivity contribution is 5.72. The van der Waals surface area contributed by atoms with Gasteiger partial charge in [-0.1, -0.05) is 0 Å². The standard InChI is InChI=1S/C17H24N6O/c1-13(24)22(3)11-14-9-18-10-15(20-14)16-5-4-7-23(16)12-17-19-6-8-21(17)2/h6,8-10,16H,4-5,7,11-12H2,1-3H3. The van der Waals surface area contributed by atoms with Crippen LogP contribution in [0.1, 0.15) is 43.0 Å². The van der Waals surface area contributed by atoms with Gasteiger partial charge in [-0.25, -0.2) is 4.98 Å². The maximum atomic E-state index is 11.4. The van der Waals surface area contributed by atoms with Crippen LogP contribution in [0, 0.1) is 0 Å². The fourth-order valence-electron chi connectivity index (χ4n) is 3.10. The molecule has 0 aromatic carbocycles. The van der Waals surface area contributed by atoms with Crippen molar-refractivity contribution in [1.29, 1.82) is 0 Å².